The highest BCUT2D eigenvalue weighted by Crippen LogP contribution is 2.53. The fraction of sp³-hybridized carbons (Fsp3) is 0.588. The van der Waals surface area contributed by atoms with Gasteiger partial charge in [-0.2, -0.15) is 0 Å². The summed E-state index contributed by atoms with van der Waals surface area (Å²) in [5.41, 5.74) is 1.05. The quantitative estimate of drug-likeness (QED) is 0.777. The average Bonchev–Trinajstić information content (AvgIpc) is 3.37. The van der Waals surface area contributed by atoms with E-state index in [1.165, 1.54) is 5.56 Å². The second-order valence-electron chi connectivity index (χ2n) is 6.55. The zero-order valence-electron chi connectivity index (χ0n) is 11.9. The standard InChI is InChI=1S/C17H19BrO3/c18-13-3-1-2-11(8-13)14-9-15(14)16(19)21-17(5-6-17)12-4-7-20-10-12/h1-3,8,12,14-15H,4-7,9-10H2. The maximum atomic E-state index is 12.4. The van der Waals surface area contributed by atoms with Crippen molar-refractivity contribution < 1.29 is 14.3 Å². The van der Waals surface area contributed by atoms with Crippen molar-refractivity contribution in [1.82, 2.24) is 0 Å². The van der Waals surface area contributed by atoms with E-state index in [9.17, 15) is 4.79 Å². The van der Waals surface area contributed by atoms with Crippen LogP contribution < -0.4 is 0 Å². The summed E-state index contributed by atoms with van der Waals surface area (Å²) < 4.78 is 12.4. The first-order valence-electron chi connectivity index (χ1n) is 7.74. The molecule has 3 atom stereocenters. The molecule has 4 heteroatoms. The van der Waals surface area contributed by atoms with E-state index < -0.39 is 0 Å². The fourth-order valence-corrected chi connectivity index (χ4v) is 3.92. The van der Waals surface area contributed by atoms with E-state index in [0.29, 0.717) is 11.8 Å². The third kappa shape index (κ3) is 2.64. The van der Waals surface area contributed by atoms with Crippen LogP contribution in [0.1, 0.15) is 37.2 Å². The van der Waals surface area contributed by atoms with Crippen LogP contribution in [0.5, 0.6) is 0 Å². The second-order valence-corrected chi connectivity index (χ2v) is 7.47. The molecule has 0 bridgehead atoms. The molecule has 0 N–H and O–H groups in total. The van der Waals surface area contributed by atoms with Gasteiger partial charge in [0.25, 0.3) is 0 Å². The number of ether oxygens (including phenoxy) is 2. The third-order valence-electron chi connectivity index (χ3n) is 5.09. The molecule has 21 heavy (non-hydrogen) atoms. The fourth-order valence-electron chi connectivity index (χ4n) is 3.50. The minimum absolute atomic E-state index is 0.00405. The van der Waals surface area contributed by atoms with Crippen LogP contribution in [0.25, 0.3) is 0 Å². The molecule has 3 nitrogen and oxygen atoms in total. The summed E-state index contributed by atoms with van der Waals surface area (Å²) in [5.74, 6) is 0.818. The maximum Gasteiger partial charge on any atom is 0.310 e. The van der Waals surface area contributed by atoms with Crippen LogP contribution in [-0.4, -0.2) is 24.8 Å². The normalized spacial score (nSPS) is 32.7. The molecule has 1 saturated heterocycles. The molecule has 0 radical (unpaired) electrons. The highest BCUT2D eigenvalue weighted by atomic mass is 79.9. The van der Waals surface area contributed by atoms with E-state index in [-0.39, 0.29) is 17.5 Å². The minimum Gasteiger partial charge on any atom is -0.458 e. The SMILES string of the molecule is O=C(OC1(C2CCOC2)CC1)C1CC1c1cccc(Br)c1. The molecule has 0 spiro atoms. The van der Waals surface area contributed by atoms with E-state index in [1.807, 2.05) is 12.1 Å². The summed E-state index contributed by atoms with van der Waals surface area (Å²) in [6.45, 7) is 1.57. The predicted molar refractivity (Wildman–Crippen MR) is 82.0 cm³/mol. The Kier molecular flexibility index (Phi) is 3.34. The molecule has 1 aliphatic heterocycles. The van der Waals surface area contributed by atoms with E-state index >= 15 is 0 Å². The van der Waals surface area contributed by atoms with Crippen molar-refractivity contribution >= 4 is 21.9 Å². The zero-order valence-corrected chi connectivity index (χ0v) is 13.5. The summed E-state index contributed by atoms with van der Waals surface area (Å²) in [6.07, 6.45) is 3.99. The Bertz CT molecular complexity index is 561. The molecule has 1 heterocycles. The van der Waals surface area contributed by atoms with Gasteiger partial charge in [-0.1, -0.05) is 28.1 Å². The summed E-state index contributed by atoms with van der Waals surface area (Å²) in [4.78, 5) is 12.4. The lowest BCUT2D eigenvalue weighted by Gasteiger charge is -2.22. The van der Waals surface area contributed by atoms with Crippen LogP contribution >= 0.6 is 15.9 Å². The van der Waals surface area contributed by atoms with Crippen molar-refractivity contribution in [2.45, 2.75) is 37.2 Å². The zero-order chi connectivity index (χ0) is 14.4. The van der Waals surface area contributed by atoms with Gasteiger partial charge < -0.3 is 9.47 Å². The number of rotatable bonds is 4. The Morgan fingerprint density at radius 1 is 1.38 bits per heavy atom. The molecule has 2 saturated carbocycles. The van der Waals surface area contributed by atoms with Gasteiger partial charge >= 0.3 is 5.97 Å². The summed E-state index contributed by atoms with van der Waals surface area (Å²) in [6, 6.07) is 8.24. The first-order valence-corrected chi connectivity index (χ1v) is 8.53. The van der Waals surface area contributed by atoms with Crippen molar-refractivity contribution in [1.29, 1.82) is 0 Å². The molecule has 2 aliphatic carbocycles. The van der Waals surface area contributed by atoms with Crippen LogP contribution in [0.3, 0.4) is 0 Å². The van der Waals surface area contributed by atoms with Crippen LogP contribution in [0.2, 0.25) is 0 Å². The molecule has 3 unspecified atom stereocenters. The Morgan fingerprint density at radius 2 is 2.24 bits per heavy atom. The number of hydrogen-bond acceptors (Lipinski definition) is 3. The average molecular weight is 351 g/mol. The van der Waals surface area contributed by atoms with Gasteiger partial charge in [-0.25, -0.2) is 0 Å². The van der Waals surface area contributed by atoms with Gasteiger partial charge in [-0.15, -0.1) is 0 Å². The van der Waals surface area contributed by atoms with Gasteiger partial charge in [0.2, 0.25) is 0 Å². The van der Waals surface area contributed by atoms with Crippen molar-refractivity contribution in [3.05, 3.63) is 34.3 Å². The van der Waals surface area contributed by atoms with E-state index in [0.717, 1.165) is 43.4 Å². The third-order valence-corrected chi connectivity index (χ3v) is 5.58. The van der Waals surface area contributed by atoms with Crippen molar-refractivity contribution in [2.24, 2.45) is 11.8 Å². The monoisotopic (exact) mass is 350 g/mol. The van der Waals surface area contributed by atoms with Gasteiger partial charge in [-0.05, 0) is 49.3 Å². The second kappa shape index (κ2) is 5.10. The van der Waals surface area contributed by atoms with Crippen molar-refractivity contribution in [2.75, 3.05) is 13.2 Å². The summed E-state index contributed by atoms with van der Waals surface area (Å²) >= 11 is 3.49. The lowest BCUT2D eigenvalue weighted by atomic mass is 9.99. The Morgan fingerprint density at radius 3 is 2.90 bits per heavy atom. The number of carbonyl (C=O) groups is 1. The molecular formula is C17H19BrO3. The number of carbonyl (C=O) groups excluding carboxylic acids is 1. The first-order chi connectivity index (χ1) is 10.2. The summed E-state index contributed by atoms with van der Waals surface area (Å²) in [5, 5.41) is 0. The largest absolute Gasteiger partial charge is 0.458 e. The van der Waals surface area contributed by atoms with Crippen molar-refractivity contribution in [3.63, 3.8) is 0 Å². The maximum absolute atomic E-state index is 12.4. The Hall–Kier alpha value is -0.870. The lowest BCUT2D eigenvalue weighted by Crippen LogP contribution is -2.30. The lowest BCUT2D eigenvalue weighted by molar-refractivity contribution is -0.156. The number of esters is 1. The van der Waals surface area contributed by atoms with Gasteiger partial charge in [0.15, 0.2) is 0 Å². The van der Waals surface area contributed by atoms with Gasteiger partial charge in [0.1, 0.15) is 5.60 Å². The smallest absolute Gasteiger partial charge is 0.310 e. The number of benzene rings is 1. The van der Waals surface area contributed by atoms with Crippen LogP contribution in [0, 0.1) is 11.8 Å². The van der Waals surface area contributed by atoms with Crippen LogP contribution in [-0.2, 0) is 14.3 Å². The molecule has 0 amide bonds. The molecule has 112 valence electrons. The van der Waals surface area contributed by atoms with Crippen LogP contribution in [0.4, 0.5) is 0 Å². The van der Waals surface area contributed by atoms with Crippen molar-refractivity contribution in [3.8, 4) is 0 Å². The van der Waals surface area contributed by atoms with Gasteiger partial charge in [-0.3, -0.25) is 4.79 Å². The van der Waals surface area contributed by atoms with Crippen LogP contribution in [0.15, 0.2) is 28.7 Å². The molecule has 4 rings (SSSR count). The molecule has 3 fully saturated rings. The van der Waals surface area contributed by atoms with Gasteiger partial charge in [0, 0.05) is 17.0 Å². The Labute approximate surface area is 133 Å². The molecule has 1 aromatic carbocycles. The Balaban J connectivity index is 1.39. The molecule has 3 aliphatic rings. The molecule has 1 aromatic rings. The summed E-state index contributed by atoms with van der Waals surface area (Å²) in [7, 11) is 0. The number of hydrogen-bond donors (Lipinski definition) is 0. The highest BCUT2D eigenvalue weighted by molar-refractivity contribution is 9.10. The first kappa shape index (κ1) is 13.8. The predicted octanol–water partition coefficient (Wildman–Crippen LogP) is 3.66. The van der Waals surface area contributed by atoms with E-state index in [2.05, 4.69) is 28.1 Å². The number of halogens is 1. The van der Waals surface area contributed by atoms with E-state index in [4.69, 9.17) is 9.47 Å². The van der Waals surface area contributed by atoms with E-state index in [1.54, 1.807) is 0 Å². The van der Waals surface area contributed by atoms with Gasteiger partial charge in [0.05, 0.1) is 12.5 Å². The minimum atomic E-state index is -0.183. The highest BCUT2D eigenvalue weighted by Gasteiger charge is 2.56. The molecule has 0 aromatic heterocycles. The topological polar surface area (TPSA) is 35.5 Å². The molecular weight excluding hydrogens is 332 g/mol.